The van der Waals surface area contributed by atoms with E-state index in [1.165, 1.54) is 11.8 Å². The van der Waals surface area contributed by atoms with Crippen molar-refractivity contribution in [3.05, 3.63) is 48.0 Å². The Labute approximate surface area is 147 Å². The van der Waals surface area contributed by atoms with Crippen molar-refractivity contribution >= 4 is 28.7 Å². The number of likely N-dealkylation sites (N-methyl/N-ethyl adjacent to an activating group) is 1. The first-order valence-electron chi connectivity index (χ1n) is 8.54. The lowest BCUT2D eigenvalue weighted by Gasteiger charge is -2.35. The van der Waals surface area contributed by atoms with E-state index in [4.69, 9.17) is 10.8 Å². The van der Waals surface area contributed by atoms with Crippen molar-refractivity contribution < 1.29 is 9.90 Å². The van der Waals surface area contributed by atoms with Crippen LogP contribution in [0.4, 0.5) is 22.7 Å². The van der Waals surface area contributed by atoms with Gasteiger partial charge < -0.3 is 26.0 Å². The predicted octanol–water partition coefficient (Wildman–Crippen LogP) is 2.85. The third-order valence-corrected chi connectivity index (χ3v) is 4.61. The molecule has 0 aliphatic carbocycles. The smallest absolute Gasteiger partial charge is 0.335 e. The Kier molecular flexibility index (Phi) is 5.09. The van der Waals surface area contributed by atoms with Crippen LogP contribution in [-0.4, -0.2) is 48.7 Å². The summed E-state index contributed by atoms with van der Waals surface area (Å²) in [5.41, 5.74) is 9.40. The van der Waals surface area contributed by atoms with Gasteiger partial charge in [0, 0.05) is 37.6 Å². The van der Waals surface area contributed by atoms with E-state index >= 15 is 0 Å². The molecule has 1 heterocycles. The molecule has 2 aromatic carbocycles. The van der Waals surface area contributed by atoms with Crippen LogP contribution in [0.3, 0.4) is 0 Å². The number of hydrogen-bond donors (Lipinski definition) is 3. The van der Waals surface area contributed by atoms with E-state index in [1.54, 1.807) is 12.1 Å². The van der Waals surface area contributed by atoms with E-state index in [2.05, 4.69) is 34.2 Å². The van der Waals surface area contributed by atoms with Crippen molar-refractivity contribution in [1.82, 2.24) is 4.90 Å². The topological polar surface area (TPSA) is 81.8 Å². The van der Waals surface area contributed by atoms with Gasteiger partial charge in [-0.25, -0.2) is 4.79 Å². The summed E-state index contributed by atoms with van der Waals surface area (Å²) in [7, 11) is 0. The van der Waals surface area contributed by atoms with Crippen LogP contribution in [0.2, 0.25) is 0 Å². The van der Waals surface area contributed by atoms with Crippen LogP contribution in [0.5, 0.6) is 0 Å². The van der Waals surface area contributed by atoms with Gasteiger partial charge in [-0.3, -0.25) is 0 Å². The first kappa shape index (κ1) is 17.1. The molecule has 0 bridgehead atoms. The number of carboxylic acid groups (broad SMARTS) is 1. The Morgan fingerprint density at radius 2 is 1.92 bits per heavy atom. The van der Waals surface area contributed by atoms with Crippen molar-refractivity contribution in [3.63, 3.8) is 0 Å². The number of hydrogen-bond acceptors (Lipinski definition) is 5. The van der Waals surface area contributed by atoms with Gasteiger partial charge in [0.05, 0.1) is 16.9 Å². The van der Waals surface area contributed by atoms with E-state index in [0.717, 1.165) is 38.4 Å². The minimum Gasteiger partial charge on any atom is -0.478 e. The highest BCUT2D eigenvalue weighted by molar-refractivity contribution is 5.91. The maximum absolute atomic E-state index is 11.0. The van der Waals surface area contributed by atoms with Crippen molar-refractivity contribution in [3.8, 4) is 0 Å². The lowest BCUT2D eigenvalue weighted by molar-refractivity contribution is 0.0697. The number of anilines is 4. The molecule has 4 N–H and O–H groups in total. The molecule has 0 atom stereocenters. The molecular formula is C19H24N4O2. The molecule has 25 heavy (non-hydrogen) atoms. The maximum Gasteiger partial charge on any atom is 0.335 e. The average molecular weight is 340 g/mol. The zero-order chi connectivity index (χ0) is 17.8. The summed E-state index contributed by atoms with van der Waals surface area (Å²) in [5, 5.41) is 12.3. The first-order valence-corrected chi connectivity index (χ1v) is 8.54. The second-order valence-corrected chi connectivity index (χ2v) is 6.20. The lowest BCUT2D eigenvalue weighted by atomic mass is 10.1. The second-order valence-electron chi connectivity index (χ2n) is 6.20. The van der Waals surface area contributed by atoms with E-state index in [1.807, 2.05) is 12.1 Å². The normalized spacial score (nSPS) is 15.2. The molecule has 3 rings (SSSR count). The fraction of sp³-hybridized carbons (Fsp3) is 0.316. The molecule has 1 saturated heterocycles. The lowest BCUT2D eigenvalue weighted by Crippen LogP contribution is -2.46. The largest absolute Gasteiger partial charge is 0.478 e. The average Bonchev–Trinajstić information content (AvgIpc) is 2.63. The zero-order valence-electron chi connectivity index (χ0n) is 14.4. The highest BCUT2D eigenvalue weighted by Gasteiger charge is 2.16. The summed E-state index contributed by atoms with van der Waals surface area (Å²) in [6.45, 7) is 7.50. The van der Waals surface area contributed by atoms with Gasteiger partial charge in [0.15, 0.2) is 0 Å². The minimum atomic E-state index is -0.980. The van der Waals surface area contributed by atoms with Gasteiger partial charge in [-0.2, -0.15) is 0 Å². The molecule has 1 fully saturated rings. The Bertz CT molecular complexity index is 755. The fourth-order valence-electron chi connectivity index (χ4n) is 3.07. The van der Waals surface area contributed by atoms with Crippen molar-refractivity contribution in [1.29, 1.82) is 0 Å². The maximum atomic E-state index is 11.0. The van der Waals surface area contributed by atoms with Crippen LogP contribution in [0.25, 0.3) is 0 Å². The summed E-state index contributed by atoms with van der Waals surface area (Å²) in [6, 6.07) is 12.9. The van der Waals surface area contributed by atoms with Crippen LogP contribution >= 0.6 is 0 Å². The molecule has 132 valence electrons. The summed E-state index contributed by atoms with van der Waals surface area (Å²) < 4.78 is 0. The molecule has 0 aromatic heterocycles. The van der Waals surface area contributed by atoms with Crippen molar-refractivity contribution in [2.75, 3.05) is 48.7 Å². The molecule has 1 aliphatic rings. The van der Waals surface area contributed by atoms with E-state index in [0.29, 0.717) is 11.4 Å². The molecule has 0 amide bonds. The van der Waals surface area contributed by atoms with Crippen LogP contribution in [0.15, 0.2) is 42.5 Å². The van der Waals surface area contributed by atoms with Gasteiger partial charge >= 0.3 is 5.97 Å². The Morgan fingerprint density at radius 3 is 2.56 bits per heavy atom. The number of piperazine rings is 1. The molecule has 6 heteroatoms. The minimum absolute atomic E-state index is 0.186. The number of nitrogen functional groups attached to an aromatic ring is 1. The van der Waals surface area contributed by atoms with E-state index in [9.17, 15) is 4.79 Å². The molecular weight excluding hydrogens is 316 g/mol. The summed E-state index contributed by atoms with van der Waals surface area (Å²) in [5.74, 6) is -0.980. The summed E-state index contributed by atoms with van der Waals surface area (Å²) in [6.07, 6.45) is 0. The molecule has 0 spiro atoms. The zero-order valence-corrected chi connectivity index (χ0v) is 14.4. The van der Waals surface area contributed by atoms with Crippen LogP contribution in [0, 0.1) is 0 Å². The van der Waals surface area contributed by atoms with Crippen LogP contribution in [0.1, 0.15) is 17.3 Å². The van der Waals surface area contributed by atoms with Gasteiger partial charge in [-0.05, 0) is 42.9 Å². The fourth-order valence-corrected chi connectivity index (χ4v) is 3.07. The number of aromatic carboxylic acids is 1. The second kappa shape index (κ2) is 7.44. The Hall–Kier alpha value is -2.73. The van der Waals surface area contributed by atoms with Gasteiger partial charge in [-0.1, -0.05) is 13.0 Å². The standard InChI is InChI=1S/C19H24N4O2/c1-2-22-8-10-23(11-9-22)16-5-3-4-15(13-16)21-18-7-6-14(19(24)25)12-17(18)20/h3-7,12-13,21H,2,8-11,20H2,1H3,(H,24,25). The molecule has 0 saturated carbocycles. The van der Waals surface area contributed by atoms with Crippen LogP contribution in [-0.2, 0) is 0 Å². The molecule has 0 radical (unpaired) electrons. The van der Waals surface area contributed by atoms with E-state index in [-0.39, 0.29) is 5.56 Å². The van der Waals surface area contributed by atoms with Crippen molar-refractivity contribution in [2.45, 2.75) is 6.92 Å². The number of benzene rings is 2. The Balaban J connectivity index is 1.73. The molecule has 1 aliphatic heterocycles. The highest BCUT2D eigenvalue weighted by atomic mass is 16.4. The van der Waals surface area contributed by atoms with Gasteiger partial charge in [0.2, 0.25) is 0 Å². The van der Waals surface area contributed by atoms with E-state index < -0.39 is 5.97 Å². The van der Waals surface area contributed by atoms with Gasteiger partial charge in [0.25, 0.3) is 0 Å². The predicted molar refractivity (Wildman–Crippen MR) is 102 cm³/mol. The number of nitrogens with one attached hydrogen (secondary N) is 1. The van der Waals surface area contributed by atoms with Gasteiger partial charge in [-0.15, -0.1) is 0 Å². The van der Waals surface area contributed by atoms with Crippen LogP contribution < -0.4 is 16.0 Å². The number of nitrogens with zero attached hydrogens (tertiary/aromatic N) is 2. The number of rotatable bonds is 5. The SMILES string of the molecule is CCN1CCN(c2cccc(Nc3ccc(C(=O)O)cc3N)c2)CC1. The molecule has 2 aromatic rings. The third-order valence-electron chi connectivity index (χ3n) is 4.61. The molecule has 0 unspecified atom stereocenters. The quantitative estimate of drug-likeness (QED) is 0.726. The van der Waals surface area contributed by atoms with Crippen molar-refractivity contribution in [2.24, 2.45) is 0 Å². The number of carbonyl (C=O) groups is 1. The Morgan fingerprint density at radius 1 is 1.16 bits per heavy atom. The number of nitrogens with two attached hydrogens (primary N) is 1. The summed E-state index contributed by atoms with van der Waals surface area (Å²) >= 11 is 0. The monoisotopic (exact) mass is 340 g/mol. The highest BCUT2D eigenvalue weighted by Crippen LogP contribution is 2.27. The molecule has 6 nitrogen and oxygen atoms in total. The summed E-state index contributed by atoms with van der Waals surface area (Å²) in [4.78, 5) is 15.8. The first-order chi connectivity index (χ1) is 12.1. The van der Waals surface area contributed by atoms with Gasteiger partial charge in [0.1, 0.15) is 0 Å². The number of carboxylic acids is 1. The third kappa shape index (κ3) is 4.03.